The Labute approximate surface area is 122 Å². The molecule has 0 spiro atoms. The van der Waals surface area contributed by atoms with Crippen molar-refractivity contribution in [2.75, 3.05) is 0 Å². The average molecular weight is 294 g/mol. The quantitative estimate of drug-likeness (QED) is 0.795. The Morgan fingerprint density at radius 3 is 2.80 bits per heavy atom. The molecule has 2 heterocycles. The van der Waals surface area contributed by atoms with Gasteiger partial charge in [-0.25, -0.2) is 9.37 Å². The zero-order valence-electron chi connectivity index (χ0n) is 11.4. The van der Waals surface area contributed by atoms with Gasteiger partial charge in [-0.05, 0) is 31.9 Å². The molecule has 1 fully saturated rings. The Kier molecular flexibility index (Phi) is 3.50. The number of hydrogen-bond donors (Lipinski definition) is 0. The van der Waals surface area contributed by atoms with Crippen molar-refractivity contribution in [1.29, 1.82) is 0 Å². The number of alkyl halides is 1. The van der Waals surface area contributed by atoms with Crippen LogP contribution in [0.25, 0.3) is 11.1 Å². The van der Waals surface area contributed by atoms with Crippen LogP contribution in [0.15, 0.2) is 24.5 Å². The first kappa shape index (κ1) is 13.6. The Hall–Kier alpha value is -1.42. The van der Waals surface area contributed by atoms with E-state index < -0.39 is 5.67 Å². The van der Waals surface area contributed by atoms with E-state index in [0.717, 1.165) is 29.7 Å². The van der Waals surface area contributed by atoms with E-state index in [9.17, 15) is 4.39 Å². The van der Waals surface area contributed by atoms with Crippen molar-refractivity contribution in [1.82, 2.24) is 14.8 Å². The molecule has 1 aliphatic rings. The summed E-state index contributed by atoms with van der Waals surface area (Å²) in [6.07, 6.45) is 6.77. The lowest BCUT2D eigenvalue weighted by molar-refractivity contribution is 0.139. The van der Waals surface area contributed by atoms with Crippen LogP contribution in [0.5, 0.6) is 0 Å². The van der Waals surface area contributed by atoms with Gasteiger partial charge in [0.2, 0.25) is 0 Å². The van der Waals surface area contributed by atoms with E-state index in [1.165, 1.54) is 0 Å². The molecule has 2 aromatic rings. The predicted molar refractivity (Wildman–Crippen MR) is 77.5 cm³/mol. The van der Waals surface area contributed by atoms with Gasteiger partial charge in [0, 0.05) is 23.0 Å². The molecular weight excluding hydrogens is 277 g/mol. The van der Waals surface area contributed by atoms with Crippen LogP contribution < -0.4 is 0 Å². The summed E-state index contributed by atoms with van der Waals surface area (Å²) in [5, 5.41) is 4.71. The molecule has 0 saturated heterocycles. The molecule has 2 aromatic heterocycles. The summed E-state index contributed by atoms with van der Waals surface area (Å²) < 4.78 is 16.1. The Balaban J connectivity index is 1.83. The highest BCUT2D eigenvalue weighted by molar-refractivity contribution is 6.32. The number of rotatable bonds is 3. The molecule has 20 heavy (non-hydrogen) atoms. The molecule has 3 rings (SSSR count). The molecule has 0 aromatic carbocycles. The van der Waals surface area contributed by atoms with Crippen LogP contribution in [0.2, 0.25) is 5.15 Å². The van der Waals surface area contributed by atoms with Gasteiger partial charge in [0.25, 0.3) is 0 Å². The van der Waals surface area contributed by atoms with Crippen molar-refractivity contribution < 1.29 is 4.39 Å². The fourth-order valence-corrected chi connectivity index (χ4v) is 3.09. The van der Waals surface area contributed by atoms with Gasteiger partial charge in [0.05, 0.1) is 12.7 Å². The fraction of sp³-hybridized carbons (Fsp3) is 0.467. The molecule has 3 nitrogen and oxygen atoms in total. The SMILES string of the molecule is Cc1ccc(-c2cnn(CC3(F)CCCC3)c2)c(Cl)n1. The van der Waals surface area contributed by atoms with E-state index in [2.05, 4.69) is 10.1 Å². The summed E-state index contributed by atoms with van der Waals surface area (Å²) in [6, 6.07) is 3.83. The van der Waals surface area contributed by atoms with Gasteiger partial charge in [-0.15, -0.1) is 0 Å². The normalized spacial score (nSPS) is 17.6. The highest BCUT2D eigenvalue weighted by Crippen LogP contribution is 2.35. The molecule has 5 heteroatoms. The minimum Gasteiger partial charge on any atom is -0.269 e. The number of aromatic nitrogens is 3. The lowest BCUT2D eigenvalue weighted by Gasteiger charge is -2.18. The van der Waals surface area contributed by atoms with Crippen LogP contribution in [0.3, 0.4) is 0 Å². The van der Waals surface area contributed by atoms with Crippen molar-refractivity contribution in [2.24, 2.45) is 0 Å². The maximum atomic E-state index is 14.4. The van der Waals surface area contributed by atoms with Gasteiger partial charge in [-0.1, -0.05) is 24.4 Å². The molecule has 1 aliphatic carbocycles. The minimum atomic E-state index is -1.10. The van der Waals surface area contributed by atoms with Crippen molar-refractivity contribution in [2.45, 2.75) is 44.8 Å². The number of aryl methyl sites for hydroxylation is 1. The summed E-state index contributed by atoms with van der Waals surface area (Å²) >= 11 is 6.15. The van der Waals surface area contributed by atoms with Crippen molar-refractivity contribution in [3.8, 4) is 11.1 Å². The fourth-order valence-electron chi connectivity index (χ4n) is 2.79. The topological polar surface area (TPSA) is 30.7 Å². The Bertz CT molecular complexity index is 617. The molecule has 1 saturated carbocycles. The second-order valence-corrected chi connectivity index (χ2v) is 5.93. The highest BCUT2D eigenvalue weighted by atomic mass is 35.5. The number of pyridine rings is 1. The van der Waals surface area contributed by atoms with E-state index in [0.29, 0.717) is 24.5 Å². The molecule has 0 radical (unpaired) electrons. The van der Waals surface area contributed by atoms with Crippen LogP contribution in [0, 0.1) is 6.92 Å². The van der Waals surface area contributed by atoms with E-state index >= 15 is 0 Å². The van der Waals surface area contributed by atoms with Crippen LogP contribution in [0.4, 0.5) is 4.39 Å². The molecule has 106 valence electrons. The lowest BCUT2D eigenvalue weighted by atomic mass is 10.1. The van der Waals surface area contributed by atoms with Crippen LogP contribution in [0.1, 0.15) is 31.4 Å². The molecular formula is C15H17ClFN3. The molecule has 0 aliphatic heterocycles. The van der Waals surface area contributed by atoms with E-state index in [4.69, 9.17) is 11.6 Å². The maximum Gasteiger partial charge on any atom is 0.137 e. The third-order valence-corrected chi connectivity index (χ3v) is 4.17. The largest absolute Gasteiger partial charge is 0.269 e. The summed E-state index contributed by atoms with van der Waals surface area (Å²) in [5.41, 5.74) is 1.49. The Morgan fingerprint density at radius 1 is 1.35 bits per heavy atom. The standard InChI is InChI=1S/C15H17ClFN3/c1-11-4-5-13(14(16)19-11)12-8-18-20(9-12)10-15(17)6-2-3-7-15/h4-5,8-9H,2-3,6-7,10H2,1H3. The zero-order chi connectivity index (χ0) is 14.2. The zero-order valence-corrected chi connectivity index (χ0v) is 12.2. The number of hydrogen-bond acceptors (Lipinski definition) is 2. The number of halogens is 2. The second-order valence-electron chi connectivity index (χ2n) is 5.58. The first-order chi connectivity index (χ1) is 9.56. The van der Waals surface area contributed by atoms with Gasteiger partial charge in [0.1, 0.15) is 10.8 Å². The lowest BCUT2D eigenvalue weighted by Crippen LogP contribution is -2.25. The summed E-state index contributed by atoms with van der Waals surface area (Å²) in [5.74, 6) is 0. The van der Waals surface area contributed by atoms with Crippen LogP contribution in [-0.2, 0) is 6.54 Å². The predicted octanol–water partition coefficient (Wildman–Crippen LogP) is 4.19. The molecule has 0 N–H and O–H groups in total. The molecule has 0 atom stereocenters. The third-order valence-electron chi connectivity index (χ3n) is 3.88. The van der Waals surface area contributed by atoms with E-state index in [1.54, 1.807) is 10.9 Å². The smallest absolute Gasteiger partial charge is 0.137 e. The van der Waals surface area contributed by atoms with Gasteiger partial charge < -0.3 is 0 Å². The highest BCUT2D eigenvalue weighted by Gasteiger charge is 2.34. The minimum absolute atomic E-state index is 0.323. The summed E-state index contributed by atoms with van der Waals surface area (Å²) in [7, 11) is 0. The van der Waals surface area contributed by atoms with Crippen molar-refractivity contribution >= 4 is 11.6 Å². The average Bonchev–Trinajstić information content (AvgIpc) is 2.99. The van der Waals surface area contributed by atoms with E-state index in [1.807, 2.05) is 25.3 Å². The van der Waals surface area contributed by atoms with Crippen LogP contribution >= 0.6 is 11.6 Å². The monoisotopic (exact) mass is 293 g/mol. The van der Waals surface area contributed by atoms with Gasteiger partial charge >= 0.3 is 0 Å². The van der Waals surface area contributed by atoms with Gasteiger partial charge in [0.15, 0.2) is 0 Å². The summed E-state index contributed by atoms with van der Waals surface area (Å²) in [4.78, 5) is 4.23. The first-order valence-electron chi connectivity index (χ1n) is 6.91. The third kappa shape index (κ3) is 2.70. The van der Waals surface area contributed by atoms with Crippen molar-refractivity contribution in [3.05, 3.63) is 35.4 Å². The first-order valence-corrected chi connectivity index (χ1v) is 7.28. The Morgan fingerprint density at radius 2 is 2.10 bits per heavy atom. The number of nitrogens with zero attached hydrogens (tertiary/aromatic N) is 3. The maximum absolute atomic E-state index is 14.4. The van der Waals surface area contributed by atoms with Crippen molar-refractivity contribution in [3.63, 3.8) is 0 Å². The second kappa shape index (κ2) is 5.17. The molecule has 0 amide bonds. The van der Waals surface area contributed by atoms with E-state index in [-0.39, 0.29) is 0 Å². The summed E-state index contributed by atoms with van der Waals surface area (Å²) in [6.45, 7) is 2.22. The van der Waals surface area contributed by atoms with Crippen LogP contribution in [-0.4, -0.2) is 20.4 Å². The molecule has 0 bridgehead atoms. The molecule has 0 unspecified atom stereocenters. The van der Waals surface area contributed by atoms with Gasteiger partial charge in [-0.2, -0.15) is 5.10 Å². The van der Waals surface area contributed by atoms with Gasteiger partial charge in [-0.3, -0.25) is 4.68 Å².